The van der Waals surface area contributed by atoms with Gasteiger partial charge in [-0.1, -0.05) is 19.3 Å². The lowest BCUT2D eigenvalue weighted by atomic mass is 10.1. The number of hydrazone groups is 2. The number of carbonyl (C=O) groups excluding carboxylic acids is 2. The van der Waals surface area contributed by atoms with Gasteiger partial charge < -0.3 is 8.83 Å². The van der Waals surface area contributed by atoms with Crippen molar-refractivity contribution in [2.45, 2.75) is 44.9 Å². The van der Waals surface area contributed by atoms with Crippen LogP contribution in [0.15, 0.2) is 52.6 Å². The molecular formula is C19H22Br2N4O4. The van der Waals surface area contributed by atoms with Crippen molar-refractivity contribution in [2.24, 2.45) is 10.2 Å². The maximum atomic E-state index is 11.7. The highest BCUT2D eigenvalue weighted by Crippen LogP contribution is 2.13. The summed E-state index contributed by atoms with van der Waals surface area (Å²) in [6, 6.07) is 6.98. The van der Waals surface area contributed by atoms with Crippen LogP contribution >= 0.6 is 31.9 Å². The minimum atomic E-state index is -0.132. The number of nitrogens with zero attached hydrogens (tertiary/aromatic N) is 2. The molecule has 0 saturated carbocycles. The van der Waals surface area contributed by atoms with E-state index in [1.165, 1.54) is 12.4 Å². The van der Waals surface area contributed by atoms with Crippen molar-refractivity contribution in [3.63, 3.8) is 0 Å². The fourth-order valence-corrected chi connectivity index (χ4v) is 2.98. The van der Waals surface area contributed by atoms with E-state index in [-0.39, 0.29) is 11.8 Å². The first-order valence-corrected chi connectivity index (χ1v) is 10.8. The summed E-state index contributed by atoms with van der Waals surface area (Å²) in [5, 5.41) is 7.69. The Morgan fingerprint density at radius 2 is 1.17 bits per heavy atom. The van der Waals surface area contributed by atoms with Crippen molar-refractivity contribution < 1.29 is 18.4 Å². The molecule has 2 N–H and O–H groups in total. The van der Waals surface area contributed by atoms with Gasteiger partial charge in [-0.05, 0) is 69.0 Å². The zero-order valence-corrected chi connectivity index (χ0v) is 18.9. The SMILES string of the molecule is O=C(CCCCCCCC(=O)NN=Cc1ccc(Br)o1)NN=Cc1ccc(Br)o1. The van der Waals surface area contributed by atoms with Gasteiger partial charge in [-0.25, -0.2) is 10.9 Å². The van der Waals surface area contributed by atoms with E-state index in [0.29, 0.717) is 33.7 Å². The van der Waals surface area contributed by atoms with Crippen molar-refractivity contribution >= 4 is 56.1 Å². The molecule has 2 amide bonds. The molecule has 0 radical (unpaired) electrons. The lowest BCUT2D eigenvalue weighted by Gasteiger charge is -2.02. The number of hydrogen-bond donors (Lipinski definition) is 2. The highest BCUT2D eigenvalue weighted by Gasteiger charge is 2.02. The quantitative estimate of drug-likeness (QED) is 0.235. The number of rotatable bonds is 12. The Labute approximate surface area is 185 Å². The zero-order valence-electron chi connectivity index (χ0n) is 15.7. The molecule has 0 unspecified atom stereocenters. The second-order valence-corrected chi connectivity index (χ2v) is 7.70. The lowest BCUT2D eigenvalue weighted by Crippen LogP contribution is -2.17. The van der Waals surface area contributed by atoms with Gasteiger partial charge in [-0.3, -0.25) is 9.59 Å². The first-order valence-electron chi connectivity index (χ1n) is 9.17. The zero-order chi connectivity index (χ0) is 20.9. The molecule has 10 heteroatoms. The Kier molecular flexibility index (Phi) is 10.4. The molecule has 8 nitrogen and oxygen atoms in total. The largest absolute Gasteiger partial charge is 0.448 e. The summed E-state index contributed by atoms with van der Waals surface area (Å²) >= 11 is 6.38. The van der Waals surface area contributed by atoms with Crippen LogP contribution in [0.5, 0.6) is 0 Å². The topological polar surface area (TPSA) is 109 Å². The van der Waals surface area contributed by atoms with E-state index in [0.717, 1.165) is 32.1 Å². The molecule has 0 saturated heterocycles. The van der Waals surface area contributed by atoms with Gasteiger partial charge in [0.15, 0.2) is 9.34 Å². The van der Waals surface area contributed by atoms with E-state index in [2.05, 4.69) is 52.9 Å². The number of furan rings is 2. The number of hydrogen-bond acceptors (Lipinski definition) is 6. The van der Waals surface area contributed by atoms with Crippen molar-refractivity contribution in [2.75, 3.05) is 0 Å². The molecule has 0 fully saturated rings. The van der Waals surface area contributed by atoms with Crippen molar-refractivity contribution in [1.82, 2.24) is 10.9 Å². The van der Waals surface area contributed by atoms with Crippen molar-refractivity contribution in [1.29, 1.82) is 0 Å². The summed E-state index contributed by atoms with van der Waals surface area (Å²) in [7, 11) is 0. The van der Waals surface area contributed by atoms with Gasteiger partial charge in [0.1, 0.15) is 11.5 Å². The standard InChI is InChI=1S/C19H22Br2N4O4/c20-16-10-8-14(28-16)12-22-24-18(26)6-4-2-1-3-5-7-19(27)25-23-13-15-9-11-17(21)29-15/h8-13H,1-7H2,(H,24,26)(H,25,27). The fourth-order valence-electron chi connectivity index (χ4n) is 2.34. The molecule has 29 heavy (non-hydrogen) atoms. The minimum absolute atomic E-state index is 0.132. The summed E-state index contributed by atoms with van der Waals surface area (Å²) < 4.78 is 11.7. The lowest BCUT2D eigenvalue weighted by molar-refractivity contribution is -0.121. The second-order valence-electron chi connectivity index (χ2n) is 6.14. The van der Waals surface area contributed by atoms with E-state index >= 15 is 0 Å². The van der Waals surface area contributed by atoms with Gasteiger partial charge in [0.25, 0.3) is 0 Å². The monoisotopic (exact) mass is 528 g/mol. The van der Waals surface area contributed by atoms with Crippen LogP contribution in [0.25, 0.3) is 0 Å². The van der Waals surface area contributed by atoms with E-state index in [1.54, 1.807) is 24.3 Å². The highest BCUT2D eigenvalue weighted by atomic mass is 79.9. The van der Waals surface area contributed by atoms with Crippen LogP contribution in [-0.2, 0) is 9.59 Å². The van der Waals surface area contributed by atoms with E-state index in [1.807, 2.05) is 0 Å². The summed E-state index contributed by atoms with van der Waals surface area (Å²) in [6.07, 6.45) is 8.11. The summed E-state index contributed by atoms with van der Waals surface area (Å²) in [5.41, 5.74) is 4.94. The average molecular weight is 530 g/mol. The van der Waals surface area contributed by atoms with Crippen LogP contribution < -0.4 is 10.9 Å². The second kappa shape index (κ2) is 13.1. The van der Waals surface area contributed by atoms with Gasteiger partial charge >= 0.3 is 0 Å². The van der Waals surface area contributed by atoms with Gasteiger partial charge in [-0.2, -0.15) is 10.2 Å². The summed E-state index contributed by atoms with van der Waals surface area (Å²) in [4.78, 5) is 23.4. The molecule has 2 rings (SSSR count). The first-order chi connectivity index (χ1) is 14.0. The fraction of sp³-hybridized carbons (Fsp3) is 0.368. The molecule has 0 aliphatic rings. The van der Waals surface area contributed by atoms with Crippen LogP contribution in [0.3, 0.4) is 0 Å². The Morgan fingerprint density at radius 1 is 0.759 bits per heavy atom. The average Bonchev–Trinajstić information content (AvgIpc) is 3.29. The van der Waals surface area contributed by atoms with Crippen LogP contribution in [0.2, 0.25) is 0 Å². The van der Waals surface area contributed by atoms with Crippen molar-refractivity contribution in [3.8, 4) is 0 Å². The van der Waals surface area contributed by atoms with Gasteiger partial charge in [-0.15, -0.1) is 0 Å². The molecule has 0 atom stereocenters. The molecule has 0 aliphatic heterocycles. The molecule has 0 spiro atoms. The molecule has 0 aromatic carbocycles. The van der Waals surface area contributed by atoms with Crippen LogP contribution in [-0.4, -0.2) is 24.2 Å². The molecule has 0 aliphatic carbocycles. The molecule has 156 valence electrons. The molecule has 0 bridgehead atoms. The molecule has 2 aromatic rings. The number of amides is 2. The number of halogens is 2. The third-order valence-corrected chi connectivity index (χ3v) is 4.61. The first kappa shape index (κ1) is 23.1. The number of unbranched alkanes of at least 4 members (excludes halogenated alkanes) is 4. The number of carbonyl (C=O) groups is 2. The van der Waals surface area contributed by atoms with Crippen molar-refractivity contribution in [3.05, 3.63) is 45.1 Å². The predicted octanol–water partition coefficient (Wildman–Crippen LogP) is 4.73. The van der Waals surface area contributed by atoms with E-state index in [9.17, 15) is 9.59 Å². The summed E-state index contributed by atoms with van der Waals surface area (Å²) in [5.74, 6) is 0.849. The van der Waals surface area contributed by atoms with E-state index < -0.39 is 0 Å². The maximum absolute atomic E-state index is 11.7. The summed E-state index contributed by atoms with van der Waals surface area (Å²) in [6.45, 7) is 0. The Hall–Kier alpha value is -2.20. The third-order valence-electron chi connectivity index (χ3n) is 3.76. The van der Waals surface area contributed by atoms with E-state index in [4.69, 9.17) is 8.83 Å². The molecule has 2 aromatic heterocycles. The number of nitrogens with one attached hydrogen (secondary N) is 2. The Balaban J connectivity index is 1.44. The van der Waals surface area contributed by atoms with Crippen LogP contribution in [0.1, 0.15) is 56.5 Å². The maximum Gasteiger partial charge on any atom is 0.240 e. The van der Waals surface area contributed by atoms with Gasteiger partial charge in [0.05, 0.1) is 12.4 Å². The molecule has 2 heterocycles. The molecular weight excluding hydrogens is 508 g/mol. The normalized spacial score (nSPS) is 11.4. The predicted molar refractivity (Wildman–Crippen MR) is 117 cm³/mol. The van der Waals surface area contributed by atoms with Crippen LogP contribution in [0, 0.1) is 0 Å². The highest BCUT2D eigenvalue weighted by molar-refractivity contribution is 9.10. The minimum Gasteiger partial charge on any atom is -0.448 e. The smallest absolute Gasteiger partial charge is 0.240 e. The Morgan fingerprint density at radius 3 is 1.55 bits per heavy atom. The van der Waals surface area contributed by atoms with Gasteiger partial charge in [0.2, 0.25) is 11.8 Å². The Bertz CT molecular complexity index is 777. The van der Waals surface area contributed by atoms with Gasteiger partial charge in [0, 0.05) is 12.8 Å². The third kappa shape index (κ3) is 10.2. The van der Waals surface area contributed by atoms with Crippen LogP contribution in [0.4, 0.5) is 0 Å².